The summed E-state index contributed by atoms with van der Waals surface area (Å²) in [6.45, 7) is 7.97. The quantitative estimate of drug-likeness (QED) is 0.297. The Morgan fingerprint density at radius 3 is 2.41 bits per heavy atom. The molecule has 1 aromatic heterocycles. The average Bonchev–Trinajstić information content (AvgIpc) is 2.78. The van der Waals surface area contributed by atoms with Crippen LogP contribution in [-0.4, -0.2) is 48.7 Å². The summed E-state index contributed by atoms with van der Waals surface area (Å²) in [5.74, 6) is 0.319. The van der Waals surface area contributed by atoms with E-state index in [1.165, 1.54) is 40.2 Å². The van der Waals surface area contributed by atoms with Crippen LogP contribution in [0.3, 0.4) is 0 Å². The monoisotopic (exact) mass is 485 g/mol. The summed E-state index contributed by atoms with van der Waals surface area (Å²) >= 11 is 0. The van der Waals surface area contributed by atoms with E-state index >= 15 is 0 Å². The summed E-state index contributed by atoms with van der Waals surface area (Å²) in [5, 5.41) is 12.2. The van der Waals surface area contributed by atoms with E-state index in [0.29, 0.717) is 31.1 Å². The Morgan fingerprint density at radius 2 is 1.76 bits per heavy atom. The summed E-state index contributed by atoms with van der Waals surface area (Å²) in [6, 6.07) is 10.9. The van der Waals surface area contributed by atoms with Crippen molar-refractivity contribution in [3.63, 3.8) is 0 Å². The van der Waals surface area contributed by atoms with Crippen molar-refractivity contribution >= 4 is 26.7 Å². The van der Waals surface area contributed by atoms with E-state index in [4.69, 9.17) is 4.42 Å². The van der Waals surface area contributed by atoms with E-state index in [1.807, 2.05) is 13.0 Å². The summed E-state index contributed by atoms with van der Waals surface area (Å²) in [6.07, 6.45) is 0. The van der Waals surface area contributed by atoms with E-state index < -0.39 is 26.3 Å². The maximum Gasteiger partial charge on any atom is 0.336 e. The van der Waals surface area contributed by atoms with Gasteiger partial charge in [-0.1, -0.05) is 26.0 Å². The second-order valence-electron chi connectivity index (χ2n) is 8.86. The minimum atomic E-state index is -4.00. The highest BCUT2D eigenvalue weighted by Gasteiger charge is 2.33. The Kier molecular flexibility index (Phi) is 6.57. The lowest BCUT2D eigenvalue weighted by atomic mass is 9.95. The molecule has 1 saturated heterocycles. The van der Waals surface area contributed by atoms with E-state index in [0.717, 1.165) is 16.5 Å². The third-order valence-corrected chi connectivity index (χ3v) is 8.19. The smallest absolute Gasteiger partial charge is 0.336 e. The molecule has 1 aliphatic heterocycles. The van der Waals surface area contributed by atoms with Gasteiger partial charge in [0.15, 0.2) is 4.90 Å². The molecule has 2 aromatic carbocycles. The molecule has 0 bridgehead atoms. The zero-order chi connectivity index (χ0) is 24.6. The fraction of sp³-hybridized carbons (Fsp3) is 0.375. The van der Waals surface area contributed by atoms with Gasteiger partial charge < -0.3 is 4.42 Å². The normalized spacial score (nSPS) is 15.8. The molecule has 1 fully saturated rings. The van der Waals surface area contributed by atoms with Crippen LogP contribution in [-0.2, 0) is 16.6 Å². The SMILES string of the molecule is Cc1cc2oc(=O)cc(CN3CCN(S(=O)(=O)c4ccccc4[N+](=O)[O-])CC3)c2cc1C(C)C. The van der Waals surface area contributed by atoms with Gasteiger partial charge in [0.1, 0.15) is 5.58 Å². The molecule has 1 aliphatic rings. The van der Waals surface area contributed by atoms with Crippen LogP contribution in [0.4, 0.5) is 5.69 Å². The molecular formula is C24H27N3O6S. The minimum Gasteiger partial charge on any atom is -0.423 e. The number of rotatable bonds is 6. The first-order valence-electron chi connectivity index (χ1n) is 11.1. The number of para-hydroxylation sites is 1. The summed E-state index contributed by atoms with van der Waals surface area (Å²) in [4.78, 5) is 24.6. The Bertz CT molecular complexity index is 1410. The second kappa shape index (κ2) is 9.28. The van der Waals surface area contributed by atoms with Crippen molar-refractivity contribution in [2.45, 2.75) is 38.1 Å². The molecule has 10 heteroatoms. The number of aryl methyl sites for hydroxylation is 1. The van der Waals surface area contributed by atoms with E-state index in [1.54, 1.807) is 0 Å². The van der Waals surface area contributed by atoms with Crippen LogP contribution in [0.1, 0.15) is 36.5 Å². The highest BCUT2D eigenvalue weighted by molar-refractivity contribution is 7.89. The molecule has 4 rings (SSSR count). The molecule has 34 heavy (non-hydrogen) atoms. The molecular weight excluding hydrogens is 458 g/mol. The Morgan fingerprint density at radius 1 is 1.09 bits per heavy atom. The Labute approximate surface area is 197 Å². The molecule has 0 amide bonds. The highest BCUT2D eigenvalue weighted by Crippen LogP contribution is 2.29. The first-order valence-corrected chi connectivity index (χ1v) is 12.5. The van der Waals surface area contributed by atoms with Gasteiger partial charge >= 0.3 is 5.63 Å². The highest BCUT2D eigenvalue weighted by atomic mass is 32.2. The number of fused-ring (bicyclic) bond motifs is 1. The van der Waals surface area contributed by atoms with Crippen molar-refractivity contribution < 1.29 is 17.8 Å². The fourth-order valence-electron chi connectivity index (χ4n) is 4.48. The number of sulfonamides is 1. The van der Waals surface area contributed by atoms with Gasteiger partial charge in [0.2, 0.25) is 10.0 Å². The molecule has 0 atom stereocenters. The Hall–Kier alpha value is -3.08. The van der Waals surface area contributed by atoms with Crippen molar-refractivity contribution in [3.8, 4) is 0 Å². The minimum absolute atomic E-state index is 0.199. The van der Waals surface area contributed by atoms with Crippen LogP contribution in [0.5, 0.6) is 0 Å². The van der Waals surface area contributed by atoms with Crippen molar-refractivity contribution in [1.29, 1.82) is 0 Å². The zero-order valence-corrected chi connectivity index (χ0v) is 20.2. The number of nitrogens with zero attached hydrogens (tertiary/aromatic N) is 3. The zero-order valence-electron chi connectivity index (χ0n) is 19.4. The Balaban J connectivity index is 1.56. The number of benzene rings is 2. The van der Waals surface area contributed by atoms with Gasteiger partial charge in [-0.05, 0) is 47.7 Å². The first kappa shape index (κ1) is 24.1. The van der Waals surface area contributed by atoms with Crippen molar-refractivity contribution in [3.05, 3.63) is 79.7 Å². The molecule has 0 saturated carbocycles. The predicted octanol–water partition coefficient (Wildman–Crippen LogP) is 3.64. The van der Waals surface area contributed by atoms with Crippen molar-refractivity contribution in [2.75, 3.05) is 26.2 Å². The van der Waals surface area contributed by atoms with Crippen LogP contribution >= 0.6 is 0 Å². The number of nitro groups is 1. The second-order valence-corrected chi connectivity index (χ2v) is 10.8. The molecule has 0 unspecified atom stereocenters. The molecule has 0 spiro atoms. The summed E-state index contributed by atoms with van der Waals surface area (Å²) in [5.41, 5.74) is 2.78. The maximum absolute atomic E-state index is 13.1. The van der Waals surface area contributed by atoms with E-state index in [2.05, 4.69) is 24.8 Å². The largest absolute Gasteiger partial charge is 0.423 e. The fourth-order valence-corrected chi connectivity index (χ4v) is 6.06. The van der Waals surface area contributed by atoms with Gasteiger partial charge in [0.05, 0.1) is 4.92 Å². The standard InChI is InChI=1S/C24H27N3O6S/c1-16(2)19-14-20-18(13-24(28)33-22(20)12-17(19)3)15-25-8-10-26(11-9-25)34(31,32)23-7-5-4-6-21(23)27(29)30/h4-7,12-14,16H,8-11,15H2,1-3H3. The topological polar surface area (TPSA) is 114 Å². The van der Waals surface area contributed by atoms with Crippen molar-refractivity contribution in [1.82, 2.24) is 9.21 Å². The molecule has 3 aromatic rings. The maximum atomic E-state index is 13.1. The summed E-state index contributed by atoms with van der Waals surface area (Å²) in [7, 11) is -4.00. The number of piperazine rings is 1. The van der Waals surface area contributed by atoms with Crippen molar-refractivity contribution in [2.24, 2.45) is 0 Å². The van der Waals surface area contributed by atoms with Crippen LogP contribution < -0.4 is 5.63 Å². The van der Waals surface area contributed by atoms with Crippen LogP contribution in [0.25, 0.3) is 11.0 Å². The predicted molar refractivity (Wildman–Crippen MR) is 128 cm³/mol. The van der Waals surface area contributed by atoms with Gasteiger partial charge in [-0.15, -0.1) is 0 Å². The van der Waals surface area contributed by atoms with Gasteiger partial charge in [0, 0.05) is 50.2 Å². The van der Waals surface area contributed by atoms with Gasteiger partial charge in [0.25, 0.3) is 5.69 Å². The van der Waals surface area contributed by atoms with E-state index in [9.17, 15) is 23.3 Å². The molecule has 0 N–H and O–H groups in total. The molecule has 0 aliphatic carbocycles. The lowest BCUT2D eigenvalue weighted by Crippen LogP contribution is -2.48. The third-order valence-electron chi connectivity index (χ3n) is 6.24. The molecule has 9 nitrogen and oxygen atoms in total. The summed E-state index contributed by atoms with van der Waals surface area (Å²) < 4.78 is 32.9. The van der Waals surface area contributed by atoms with Gasteiger partial charge in [-0.2, -0.15) is 4.31 Å². The molecule has 0 radical (unpaired) electrons. The number of nitro benzene ring substituents is 1. The van der Waals surface area contributed by atoms with Crippen LogP contribution in [0.2, 0.25) is 0 Å². The van der Waals surface area contributed by atoms with Gasteiger partial charge in [-0.3, -0.25) is 15.0 Å². The lowest BCUT2D eigenvalue weighted by Gasteiger charge is -2.34. The lowest BCUT2D eigenvalue weighted by molar-refractivity contribution is -0.387. The average molecular weight is 486 g/mol. The van der Waals surface area contributed by atoms with Crippen LogP contribution in [0.15, 0.2) is 56.6 Å². The molecule has 2 heterocycles. The van der Waals surface area contributed by atoms with Gasteiger partial charge in [-0.25, -0.2) is 13.2 Å². The number of hydrogen-bond acceptors (Lipinski definition) is 7. The first-order chi connectivity index (χ1) is 16.1. The third kappa shape index (κ3) is 4.61. The van der Waals surface area contributed by atoms with Crippen LogP contribution in [0, 0.1) is 17.0 Å². The number of hydrogen-bond donors (Lipinski definition) is 0. The van der Waals surface area contributed by atoms with E-state index in [-0.39, 0.29) is 18.0 Å². The molecule has 180 valence electrons.